The highest BCUT2D eigenvalue weighted by Crippen LogP contribution is 2.15. The van der Waals surface area contributed by atoms with Crippen LogP contribution in [0.25, 0.3) is 5.69 Å². The molecule has 0 amide bonds. The molecule has 0 radical (unpaired) electrons. The summed E-state index contributed by atoms with van der Waals surface area (Å²) in [4.78, 5) is 26.2. The molecule has 4 aromatic rings. The fourth-order valence-electron chi connectivity index (χ4n) is 3.04. The molecule has 0 aliphatic carbocycles. The Balaban J connectivity index is 1.92. The van der Waals surface area contributed by atoms with Gasteiger partial charge in [-0.3, -0.25) is 15.0 Å². The number of ketones is 2. The van der Waals surface area contributed by atoms with Gasteiger partial charge in [0.1, 0.15) is 5.69 Å². The van der Waals surface area contributed by atoms with Crippen molar-refractivity contribution in [3.63, 3.8) is 0 Å². The first-order chi connectivity index (χ1) is 14.5. The minimum absolute atomic E-state index is 0.0754. The number of nitrogens with one attached hydrogen (secondary N) is 1. The number of rotatable bonds is 5. The number of nitrogens with zero attached hydrogens (tertiary/aromatic N) is 2. The Morgan fingerprint density at radius 1 is 0.767 bits per heavy atom. The van der Waals surface area contributed by atoms with Gasteiger partial charge in [0.25, 0.3) is 0 Å². The maximum absolute atomic E-state index is 13.1. The summed E-state index contributed by atoms with van der Waals surface area (Å²) in [5, 5.41) is 13.5. The molecule has 4 rings (SSSR count). The summed E-state index contributed by atoms with van der Waals surface area (Å²) in [6, 6.07) is 25.4. The molecule has 146 valence electrons. The zero-order chi connectivity index (χ0) is 21.1. The highest BCUT2D eigenvalue weighted by atomic mass is 35.5. The molecule has 0 bridgehead atoms. The third kappa shape index (κ3) is 3.83. The summed E-state index contributed by atoms with van der Waals surface area (Å²) < 4.78 is 1.28. The first kappa shape index (κ1) is 19.5. The van der Waals surface area contributed by atoms with Gasteiger partial charge in [-0.1, -0.05) is 72.3 Å². The van der Waals surface area contributed by atoms with Crippen LogP contribution in [0.3, 0.4) is 0 Å². The lowest BCUT2D eigenvalue weighted by Crippen LogP contribution is -2.30. The second-order valence-corrected chi connectivity index (χ2v) is 7.01. The molecule has 1 heterocycles. The fraction of sp³-hybridized carbons (Fsp3) is 0. The Bertz CT molecular complexity index is 1280. The molecule has 5 nitrogen and oxygen atoms in total. The van der Waals surface area contributed by atoms with Crippen LogP contribution >= 0.6 is 11.6 Å². The lowest BCUT2D eigenvalue weighted by Gasteiger charge is -2.12. The van der Waals surface area contributed by atoms with E-state index in [0.717, 1.165) is 0 Å². The number of hydrogen-bond acceptors (Lipinski definition) is 4. The molecular formula is C24H16ClN3O2. The van der Waals surface area contributed by atoms with E-state index in [1.807, 2.05) is 12.1 Å². The summed E-state index contributed by atoms with van der Waals surface area (Å²) in [5.41, 5.74) is 1.45. The SMILES string of the molecule is N=c1c(C(=O)c2ccccc2)cc(C(=O)c2ccccc2)nn1-c1ccc(Cl)cc1. The van der Waals surface area contributed by atoms with Crippen LogP contribution in [0.15, 0.2) is 91.0 Å². The molecule has 3 aromatic carbocycles. The van der Waals surface area contributed by atoms with Gasteiger partial charge < -0.3 is 0 Å². The zero-order valence-corrected chi connectivity index (χ0v) is 16.5. The molecule has 0 aliphatic rings. The number of halogens is 1. The summed E-state index contributed by atoms with van der Waals surface area (Å²) in [6.45, 7) is 0. The number of benzene rings is 3. The minimum atomic E-state index is -0.354. The third-order valence-electron chi connectivity index (χ3n) is 4.58. The van der Waals surface area contributed by atoms with Crippen molar-refractivity contribution in [2.45, 2.75) is 0 Å². The van der Waals surface area contributed by atoms with Crippen LogP contribution in [0.2, 0.25) is 5.02 Å². The van der Waals surface area contributed by atoms with Crippen LogP contribution in [0, 0.1) is 5.41 Å². The lowest BCUT2D eigenvalue weighted by molar-refractivity contribution is 0.103. The maximum Gasteiger partial charge on any atom is 0.213 e. The predicted molar refractivity (Wildman–Crippen MR) is 114 cm³/mol. The Kier molecular flexibility index (Phi) is 5.37. The molecule has 0 atom stereocenters. The molecule has 1 aromatic heterocycles. The van der Waals surface area contributed by atoms with Crippen LogP contribution in [0.1, 0.15) is 32.0 Å². The van der Waals surface area contributed by atoms with Gasteiger partial charge in [0.2, 0.25) is 5.78 Å². The molecule has 30 heavy (non-hydrogen) atoms. The van der Waals surface area contributed by atoms with Crippen LogP contribution in [0.4, 0.5) is 0 Å². The molecule has 6 heteroatoms. The number of aromatic nitrogens is 2. The van der Waals surface area contributed by atoms with Crippen molar-refractivity contribution < 1.29 is 9.59 Å². The van der Waals surface area contributed by atoms with E-state index in [1.54, 1.807) is 72.8 Å². The Morgan fingerprint density at radius 3 is 1.87 bits per heavy atom. The Morgan fingerprint density at radius 2 is 1.30 bits per heavy atom. The normalized spacial score (nSPS) is 10.6. The molecule has 1 N–H and O–H groups in total. The largest absolute Gasteiger partial charge is 0.288 e. The average molecular weight is 414 g/mol. The van der Waals surface area contributed by atoms with E-state index in [9.17, 15) is 9.59 Å². The molecule has 0 spiro atoms. The summed E-state index contributed by atoms with van der Waals surface area (Å²) in [5.74, 6) is -0.687. The molecular weight excluding hydrogens is 398 g/mol. The van der Waals surface area contributed by atoms with Crippen molar-refractivity contribution in [2.75, 3.05) is 0 Å². The highest BCUT2D eigenvalue weighted by Gasteiger charge is 2.20. The number of carbonyl (C=O) groups excluding carboxylic acids is 2. The smallest absolute Gasteiger partial charge is 0.213 e. The summed E-state index contributed by atoms with van der Waals surface area (Å²) in [6.07, 6.45) is 0. The summed E-state index contributed by atoms with van der Waals surface area (Å²) >= 11 is 5.98. The van der Waals surface area contributed by atoms with Gasteiger partial charge in [-0.15, -0.1) is 0 Å². The maximum atomic E-state index is 13.1. The minimum Gasteiger partial charge on any atom is -0.288 e. The molecule has 0 saturated carbocycles. The zero-order valence-electron chi connectivity index (χ0n) is 15.7. The first-order valence-corrected chi connectivity index (χ1v) is 9.57. The Hall–Kier alpha value is -3.83. The van der Waals surface area contributed by atoms with Gasteiger partial charge in [0, 0.05) is 16.1 Å². The van der Waals surface area contributed by atoms with E-state index in [-0.39, 0.29) is 28.3 Å². The van der Waals surface area contributed by atoms with E-state index in [1.165, 1.54) is 10.7 Å². The van der Waals surface area contributed by atoms with Crippen molar-refractivity contribution in [2.24, 2.45) is 0 Å². The number of carbonyl (C=O) groups is 2. The van der Waals surface area contributed by atoms with E-state index in [2.05, 4.69) is 5.10 Å². The molecule has 0 unspecified atom stereocenters. The standard InChI is InChI=1S/C24H16ClN3O2/c25-18-11-13-19(14-12-18)28-24(26)20(22(29)16-7-3-1-4-8-16)15-21(27-28)23(30)17-9-5-2-6-10-17/h1-15,26H. The van der Waals surface area contributed by atoms with Gasteiger partial charge in [0.05, 0.1) is 11.3 Å². The Labute approximate surface area is 177 Å². The third-order valence-corrected chi connectivity index (χ3v) is 4.83. The van der Waals surface area contributed by atoms with Crippen LogP contribution in [0.5, 0.6) is 0 Å². The van der Waals surface area contributed by atoms with Crippen LogP contribution < -0.4 is 5.49 Å². The molecule has 0 aliphatic heterocycles. The van der Waals surface area contributed by atoms with E-state index >= 15 is 0 Å². The van der Waals surface area contributed by atoms with Gasteiger partial charge >= 0.3 is 0 Å². The van der Waals surface area contributed by atoms with Crippen molar-refractivity contribution in [3.8, 4) is 5.69 Å². The van der Waals surface area contributed by atoms with E-state index in [4.69, 9.17) is 17.0 Å². The summed E-state index contributed by atoms with van der Waals surface area (Å²) in [7, 11) is 0. The highest BCUT2D eigenvalue weighted by molar-refractivity contribution is 6.30. The second kappa shape index (κ2) is 8.27. The first-order valence-electron chi connectivity index (χ1n) is 9.19. The van der Waals surface area contributed by atoms with Crippen LogP contribution in [-0.4, -0.2) is 21.3 Å². The average Bonchev–Trinajstić information content (AvgIpc) is 2.80. The predicted octanol–water partition coefficient (Wildman–Crippen LogP) is 4.47. The monoisotopic (exact) mass is 413 g/mol. The van der Waals surface area contributed by atoms with Gasteiger partial charge in [-0.05, 0) is 30.3 Å². The van der Waals surface area contributed by atoms with Gasteiger partial charge in [0.15, 0.2) is 11.3 Å². The van der Waals surface area contributed by atoms with Crippen molar-refractivity contribution in [1.29, 1.82) is 5.41 Å². The van der Waals surface area contributed by atoms with Gasteiger partial charge in [-0.2, -0.15) is 5.10 Å². The number of hydrogen-bond donors (Lipinski definition) is 1. The topological polar surface area (TPSA) is 75.8 Å². The van der Waals surface area contributed by atoms with Gasteiger partial charge in [-0.25, -0.2) is 4.68 Å². The second-order valence-electron chi connectivity index (χ2n) is 6.57. The van der Waals surface area contributed by atoms with E-state index < -0.39 is 0 Å². The molecule has 0 saturated heterocycles. The quantitative estimate of drug-likeness (QED) is 0.490. The van der Waals surface area contributed by atoms with Crippen molar-refractivity contribution in [3.05, 3.63) is 124 Å². The molecule has 0 fully saturated rings. The van der Waals surface area contributed by atoms with Crippen LogP contribution in [-0.2, 0) is 0 Å². The van der Waals surface area contributed by atoms with Crippen molar-refractivity contribution in [1.82, 2.24) is 9.78 Å². The van der Waals surface area contributed by atoms with E-state index in [0.29, 0.717) is 21.8 Å². The lowest BCUT2D eigenvalue weighted by atomic mass is 10.0. The van der Waals surface area contributed by atoms with Crippen molar-refractivity contribution >= 4 is 23.2 Å². The fourth-order valence-corrected chi connectivity index (χ4v) is 3.17.